The number of methoxy groups -OCH3 is 1. The van der Waals surface area contributed by atoms with E-state index in [9.17, 15) is 9.90 Å². The predicted molar refractivity (Wildman–Crippen MR) is 87.9 cm³/mol. The lowest BCUT2D eigenvalue weighted by atomic mass is 9.86. The molecule has 1 aromatic carbocycles. The fourth-order valence-electron chi connectivity index (χ4n) is 3.17. The predicted octanol–water partition coefficient (Wildman–Crippen LogP) is 1.51. The average Bonchev–Trinajstić information content (AvgIpc) is 3.02. The van der Waals surface area contributed by atoms with Crippen LogP contribution in [0.25, 0.3) is 11.0 Å². The molecule has 8 nitrogen and oxygen atoms in total. The van der Waals surface area contributed by atoms with E-state index in [1.165, 1.54) is 17.7 Å². The fourth-order valence-corrected chi connectivity index (χ4v) is 3.17. The number of pyridine rings is 1. The molecule has 0 aliphatic carbocycles. The number of hydrogen-bond acceptors (Lipinski definition) is 7. The third kappa shape index (κ3) is 2.37. The molecule has 1 N–H and O–H groups in total. The second-order valence-corrected chi connectivity index (χ2v) is 6.55. The molecule has 0 saturated heterocycles. The van der Waals surface area contributed by atoms with Crippen LogP contribution in [-0.2, 0) is 0 Å². The van der Waals surface area contributed by atoms with E-state index >= 15 is 0 Å². The molecule has 130 valence electrons. The first-order valence-electron chi connectivity index (χ1n) is 7.80. The standard InChI is InChI=1S/C17H17N3O5/c1-17(2)16(22)15(20-5-4-9(23-3)6-14(20)21)10-7-11-12(19-25-18-11)8-13(10)24-17/h4-8,15-16,22H,1-3H3. The van der Waals surface area contributed by atoms with Crippen molar-refractivity contribution in [2.24, 2.45) is 0 Å². The maximum Gasteiger partial charge on any atom is 0.254 e. The lowest BCUT2D eigenvalue weighted by Gasteiger charge is -2.42. The van der Waals surface area contributed by atoms with Gasteiger partial charge in [-0.3, -0.25) is 4.79 Å². The fraction of sp³-hybridized carbons (Fsp3) is 0.353. The number of rotatable bonds is 2. The third-order valence-corrected chi connectivity index (χ3v) is 4.54. The van der Waals surface area contributed by atoms with E-state index in [-0.39, 0.29) is 5.56 Å². The number of aliphatic hydroxyl groups excluding tert-OH is 1. The van der Waals surface area contributed by atoms with Crippen molar-refractivity contribution in [3.8, 4) is 11.5 Å². The van der Waals surface area contributed by atoms with Crippen LogP contribution in [0.4, 0.5) is 0 Å². The van der Waals surface area contributed by atoms with Crippen molar-refractivity contribution in [2.45, 2.75) is 31.6 Å². The Labute approximate surface area is 142 Å². The minimum absolute atomic E-state index is 0.287. The molecule has 1 aliphatic heterocycles. The molecule has 4 rings (SSSR count). The van der Waals surface area contributed by atoms with Gasteiger partial charge in [0.05, 0.1) is 13.2 Å². The summed E-state index contributed by atoms with van der Waals surface area (Å²) in [7, 11) is 1.50. The summed E-state index contributed by atoms with van der Waals surface area (Å²) in [5, 5.41) is 18.5. The highest BCUT2D eigenvalue weighted by molar-refractivity contribution is 5.77. The maximum absolute atomic E-state index is 12.6. The van der Waals surface area contributed by atoms with Crippen LogP contribution in [-0.4, -0.2) is 38.8 Å². The average molecular weight is 343 g/mol. The minimum Gasteiger partial charge on any atom is -0.497 e. The minimum atomic E-state index is -0.955. The van der Waals surface area contributed by atoms with Gasteiger partial charge in [0, 0.05) is 23.9 Å². The summed E-state index contributed by atoms with van der Waals surface area (Å²) in [6.07, 6.45) is 0.647. The zero-order valence-corrected chi connectivity index (χ0v) is 14.0. The second kappa shape index (κ2) is 5.32. The molecular weight excluding hydrogens is 326 g/mol. The van der Waals surface area contributed by atoms with Gasteiger partial charge in [-0.2, -0.15) is 0 Å². The zero-order valence-electron chi connectivity index (χ0n) is 14.0. The topological polar surface area (TPSA) is 99.6 Å². The van der Waals surface area contributed by atoms with Crippen LogP contribution in [0.3, 0.4) is 0 Å². The molecular formula is C17H17N3O5. The van der Waals surface area contributed by atoms with Gasteiger partial charge in [-0.05, 0) is 36.3 Å². The van der Waals surface area contributed by atoms with Crippen molar-refractivity contribution in [3.05, 3.63) is 46.4 Å². The van der Waals surface area contributed by atoms with Crippen LogP contribution in [0.2, 0.25) is 0 Å². The van der Waals surface area contributed by atoms with Crippen LogP contribution in [0.1, 0.15) is 25.5 Å². The lowest BCUT2D eigenvalue weighted by molar-refractivity contribution is -0.0641. The van der Waals surface area contributed by atoms with Gasteiger partial charge in [-0.25, -0.2) is 4.63 Å². The van der Waals surface area contributed by atoms with Crippen LogP contribution in [0.5, 0.6) is 11.5 Å². The molecule has 2 aromatic heterocycles. The Morgan fingerprint density at radius 1 is 1.24 bits per heavy atom. The quantitative estimate of drug-likeness (QED) is 0.753. The first-order valence-corrected chi connectivity index (χ1v) is 7.80. The smallest absolute Gasteiger partial charge is 0.254 e. The third-order valence-electron chi connectivity index (χ3n) is 4.54. The first kappa shape index (κ1) is 15.6. The summed E-state index contributed by atoms with van der Waals surface area (Å²) in [6.45, 7) is 3.54. The number of fused-ring (bicyclic) bond motifs is 2. The van der Waals surface area contributed by atoms with E-state index in [0.717, 1.165) is 0 Å². The molecule has 3 aromatic rings. The van der Waals surface area contributed by atoms with E-state index in [1.54, 1.807) is 38.2 Å². The van der Waals surface area contributed by atoms with E-state index in [0.29, 0.717) is 28.1 Å². The van der Waals surface area contributed by atoms with Crippen molar-refractivity contribution in [1.29, 1.82) is 0 Å². The molecule has 0 spiro atoms. The SMILES string of the molecule is COc1ccn(C2c3cc4nonc4cc3OC(C)(C)C2O)c(=O)c1. The molecule has 2 atom stereocenters. The molecule has 25 heavy (non-hydrogen) atoms. The highest BCUT2D eigenvalue weighted by Crippen LogP contribution is 2.42. The van der Waals surface area contributed by atoms with Gasteiger partial charge in [0.25, 0.3) is 5.56 Å². The van der Waals surface area contributed by atoms with Gasteiger partial charge in [0.2, 0.25) is 0 Å². The van der Waals surface area contributed by atoms with Crippen molar-refractivity contribution in [2.75, 3.05) is 7.11 Å². The summed E-state index contributed by atoms with van der Waals surface area (Å²) in [5.41, 5.74) is 0.530. The van der Waals surface area contributed by atoms with Crippen LogP contribution in [0.15, 0.2) is 39.9 Å². The maximum atomic E-state index is 12.6. The molecule has 0 saturated carbocycles. The Balaban J connectivity index is 1.96. The van der Waals surface area contributed by atoms with E-state index in [2.05, 4.69) is 10.3 Å². The number of aromatic nitrogens is 3. The van der Waals surface area contributed by atoms with Crippen LogP contribution in [0, 0.1) is 0 Å². The van der Waals surface area contributed by atoms with Gasteiger partial charge >= 0.3 is 0 Å². The number of nitrogens with zero attached hydrogens (tertiary/aromatic N) is 3. The van der Waals surface area contributed by atoms with Crippen molar-refractivity contribution in [3.63, 3.8) is 0 Å². The normalized spacial score (nSPS) is 21.6. The summed E-state index contributed by atoms with van der Waals surface area (Å²) >= 11 is 0. The monoisotopic (exact) mass is 343 g/mol. The Bertz CT molecular complexity index is 1010. The summed E-state index contributed by atoms with van der Waals surface area (Å²) in [4.78, 5) is 12.6. The summed E-state index contributed by atoms with van der Waals surface area (Å²) in [5.74, 6) is 0.990. The molecule has 0 radical (unpaired) electrons. The van der Waals surface area contributed by atoms with E-state index < -0.39 is 17.7 Å². The van der Waals surface area contributed by atoms with Gasteiger partial charge in [-0.15, -0.1) is 0 Å². The Kier molecular flexibility index (Phi) is 3.33. The van der Waals surface area contributed by atoms with Crippen molar-refractivity contribution < 1.29 is 19.2 Å². The first-order chi connectivity index (χ1) is 11.9. The summed E-state index contributed by atoms with van der Waals surface area (Å²) in [6, 6.07) is 5.84. The van der Waals surface area contributed by atoms with E-state index in [1.807, 2.05) is 0 Å². The van der Waals surface area contributed by atoms with E-state index in [4.69, 9.17) is 14.1 Å². The zero-order chi connectivity index (χ0) is 17.8. The van der Waals surface area contributed by atoms with Gasteiger partial charge in [0.1, 0.15) is 34.2 Å². The van der Waals surface area contributed by atoms with Crippen molar-refractivity contribution in [1.82, 2.24) is 14.9 Å². The molecule has 0 amide bonds. The number of hydrogen-bond donors (Lipinski definition) is 1. The molecule has 8 heteroatoms. The Hall–Kier alpha value is -2.87. The number of aliphatic hydroxyl groups is 1. The molecule has 1 aliphatic rings. The summed E-state index contributed by atoms with van der Waals surface area (Å²) < 4.78 is 17.3. The number of ether oxygens (including phenoxy) is 2. The van der Waals surface area contributed by atoms with Crippen molar-refractivity contribution >= 4 is 11.0 Å². The molecule has 0 bridgehead atoms. The molecule has 3 heterocycles. The molecule has 2 unspecified atom stereocenters. The highest BCUT2D eigenvalue weighted by Gasteiger charge is 2.44. The second-order valence-electron chi connectivity index (χ2n) is 6.55. The Morgan fingerprint density at radius 3 is 2.64 bits per heavy atom. The lowest BCUT2D eigenvalue weighted by Crippen LogP contribution is -2.52. The van der Waals surface area contributed by atoms with Gasteiger partial charge < -0.3 is 19.1 Å². The van der Waals surface area contributed by atoms with Gasteiger partial charge in [0.15, 0.2) is 0 Å². The van der Waals surface area contributed by atoms with Gasteiger partial charge in [-0.1, -0.05) is 0 Å². The van der Waals surface area contributed by atoms with Crippen LogP contribution >= 0.6 is 0 Å². The number of benzene rings is 1. The Morgan fingerprint density at radius 2 is 1.96 bits per heavy atom. The molecule has 0 fully saturated rings. The highest BCUT2D eigenvalue weighted by atomic mass is 16.6. The van der Waals surface area contributed by atoms with Crippen LogP contribution < -0.4 is 15.0 Å². The largest absolute Gasteiger partial charge is 0.497 e.